The van der Waals surface area contributed by atoms with E-state index in [2.05, 4.69) is 16.9 Å². The van der Waals surface area contributed by atoms with Crippen molar-refractivity contribution in [1.82, 2.24) is 9.97 Å². The Labute approximate surface area is 155 Å². The summed E-state index contributed by atoms with van der Waals surface area (Å²) in [7, 11) is 0. The lowest BCUT2D eigenvalue weighted by atomic mass is 9.98. The largest absolute Gasteiger partial charge is 0.287 e. The zero-order valence-corrected chi connectivity index (χ0v) is 15.3. The molecule has 2 heterocycles. The smallest absolute Gasteiger partial charge is 0.210 e. The Morgan fingerprint density at radius 2 is 1.26 bits per heavy atom. The highest BCUT2D eigenvalue weighted by molar-refractivity contribution is 6.16. The van der Waals surface area contributed by atoms with E-state index in [1.165, 1.54) is 0 Å². The number of aryl methyl sites for hydroxylation is 2. The van der Waals surface area contributed by atoms with Gasteiger partial charge in [-0.25, -0.2) is 9.97 Å². The van der Waals surface area contributed by atoms with Crippen LogP contribution in [0.5, 0.6) is 0 Å². The summed E-state index contributed by atoms with van der Waals surface area (Å²) in [6.45, 7) is 4.00. The van der Waals surface area contributed by atoms with Crippen molar-refractivity contribution >= 4 is 43.4 Å². The third-order valence-corrected chi connectivity index (χ3v) is 5.43. The van der Waals surface area contributed by atoms with Crippen molar-refractivity contribution in [3.05, 3.63) is 68.2 Å². The van der Waals surface area contributed by atoms with Gasteiger partial charge in [-0.3, -0.25) is 9.59 Å². The number of fused-ring (bicyclic) bond motifs is 6. The van der Waals surface area contributed by atoms with E-state index in [0.29, 0.717) is 35.0 Å². The molecule has 0 unspecified atom stereocenters. The first-order valence-corrected chi connectivity index (χ1v) is 9.40. The van der Waals surface area contributed by atoms with Gasteiger partial charge >= 0.3 is 0 Å². The minimum Gasteiger partial charge on any atom is -0.287 e. The second kappa shape index (κ2) is 5.68. The Kier molecular flexibility index (Phi) is 3.38. The van der Waals surface area contributed by atoms with Crippen LogP contribution in [0, 0.1) is 0 Å². The van der Waals surface area contributed by atoms with Crippen LogP contribution in [0.1, 0.15) is 31.7 Å². The normalized spacial score (nSPS) is 12.1. The third kappa shape index (κ3) is 2.16. The molecule has 0 spiro atoms. The fourth-order valence-corrected chi connectivity index (χ4v) is 4.11. The summed E-state index contributed by atoms with van der Waals surface area (Å²) in [5, 5.41) is 5.08. The SMILES string of the molecule is CCCc1nc2ccc3cc4c(ccc5nc(CC)c(=O)c54)cc3c2c1=O. The molecular formula is C23H18N2O2. The number of rotatable bonds is 3. The van der Waals surface area contributed by atoms with Gasteiger partial charge in [0.15, 0.2) is 0 Å². The van der Waals surface area contributed by atoms with Gasteiger partial charge in [-0.1, -0.05) is 32.4 Å². The van der Waals surface area contributed by atoms with Gasteiger partial charge in [0.05, 0.1) is 33.2 Å². The van der Waals surface area contributed by atoms with Crippen LogP contribution in [0.2, 0.25) is 0 Å². The molecular weight excluding hydrogens is 336 g/mol. The monoisotopic (exact) mass is 354 g/mol. The Hall–Kier alpha value is -3.14. The molecule has 0 saturated carbocycles. The average Bonchev–Trinajstić information content (AvgIpc) is 3.18. The predicted octanol–water partition coefficient (Wildman–Crippen LogP) is 4.20. The van der Waals surface area contributed by atoms with E-state index in [4.69, 9.17) is 0 Å². The second-order valence-corrected chi connectivity index (χ2v) is 7.09. The molecule has 0 atom stereocenters. The molecule has 0 saturated heterocycles. The number of hydrogen-bond acceptors (Lipinski definition) is 4. The summed E-state index contributed by atoms with van der Waals surface area (Å²) >= 11 is 0. The highest BCUT2D eigenvalue weighted by atomic mass is 16.1. The van der Waals surface area contributed by atoms with E-state index in [0.717, 1.165) is 39.0 Å². The second-order valence-electron chi connectivity index (χ2n) is 7.09. The van der Waals surface area contributed by atoms with Gasteiger partial charge in [-0.05, 0) is 58.7 Å². The highest BCUT2D eigenvalue weighted by Crippen LogP contribution is 2.31. The first-order chi connectivity index (χ1) is 13.1. The lowest BCUT2D eigenvalue weighted by Gasteiger charge is -2.04. The molecule has 0 N–H and O–H groups in total. The summed E-state index contributed by atoms with van der Waals surface area (Å²) in [6.07, 6.45) is 2.22. The van der Waals surface area contributed by atoms with Gasteiger partial charge in [0.1, 0.15) is 0 Å². The van der Waals surface area contributed by atoms with Crippen LogP contribution in [0.15, 0.2) is 46.0 Å². The number of hydrogen-bond donors (Lipinski definition) is 0. The Morgan fingerprint density at radius 1 is 0.741 bits per heavy atom. The molecule has 5 rings (SSSR count). The molecule has 5 aromatic rings. The summed E-state index contributed by atoms with van der Waals surface area (Å²) in [6, 6.07) is 11.8. The Morgan fingerprint density at radius 3 is 1.78 bits per heavy atom. The van der Waals surface area contributed by atoms with E-state index < -0.39 is 0 Å². The zero-order chi connectivity index (χ0) is 18.7. The summed E-state index contributed by atoms with van der Waals surface area (Å²) in [5.74, 6) is 0. The molecule has 0 aliphatic carbocycles. The summed E-state index contributed by atoms with van der Waals surface area (Å²) in [5.41, 5.74) is 2.80. The van der Waals surface area contributed by atoms with Crippen molar-refractivity contribution in [3.8, 4) is 0 Å². The molecule has 0 aliphatic heterocycles. The molecule has 132 valence electrons. The molecule has 4 heteroatoms. The van der Waals surface area contributed by atoms with Crippen molar-refractivity contribution in [2.75, 3.05) is 0 Å². The van der Waals surface area contributed by atoms with Crippen molar-refractivity contribution in [2.24, 2.45) is 0 Å². The molecule has 0 radical (unpaired) electrons. The van der Waals surface area contributed by atoms with Gasteiger partial charge in [0.2, 0.25) is 10.9 Å². The molecule has 0 bridgehead atoms. The van der Waals surface area contributed by atoms with E-state index in [1.807, 2.05) is 43.3 Å². The fraction of sp³-hybridized carbons (Fsp3) is 0.217. The maximum Gasteiger partial charge on any atom is 0.210 e. The molecule has 4 nitrogen and oxygen atoms in total. The zero-order valence-electron chi connectivity index (χ0n) is 15.3. The van der Waals surface area contributed by atoms with Gasteiger partial charge in [-0.15, -0.1) is 0 Å². The first-order valence-electron chi connectivity index (χ1n) is 9.40. The van der Waals surface area contributed by atoms with Crippen LogP contribution in [-0.4, -0.2) is 9.97 Å². The summed E-state index contributed by atoms with van der Waals surface area (Å²) < 4.78 is 0. The number of aromatic nitrogens is 2. The first kappa shape index (κ1) is 16.1. The van der Waals surface area contributed by atoms with Crippen LogP contribution in [0.25, 0.3) is 43.4 Å². The molecule has 3 aromatic carbocycles. The maximum absolute atomic E-state index is 12.9. The third-order valence-electron chi connectivity index (χ3n) is 5.43. The van der Waals surface area contributed by atoms with Gasteiger partial charge in [0, 0.05) is 0 Å². The minimum absolute atomic E-state index is 0.0169. The quantitative estimate of drug-likeness (QED) is 0.456. The average molecular weight is 354 g/mol. The van der Waals surface area contributed by atoms with Crippen molar-refractivity contribution in [1.29, 1.82) is 0 Å². The van der Waals surface area contributed by atoms with Crippen LogP contribution < -0.4 is 10.9 Å². The summed E-state index contributed by atoms with van der Waals surface area (Å²) in [4.78, 5) is 34.6. The molecule has 2 aromatic heterocycles. The number of nitrogens with zero attached hydrogens (tertiary/aromatic N) is 2. The molecule has 0 fully saturated rings. The van der Waals surface area contributed by atoms with Crippen LogP contribution >= 0.6 is 0 Å². The van der Waals surface area contributed by atoms with Gasteiger partial charge < -0.3 is 0 Å². The standard InChI is InChI=1S/C23H18N2O2/c1-3-5-19-23(27)21-15-11-12-6-8-17-20(22(26)16(4-2)24-17)14(12)10-13(15)7-9-18(21)25-19/h6-11H,3-5H2,1-2H3. The maximum atomic E-state index is 12.9. The molecule has 0 amide bonds. The topological polar surface area (TPSA) is 59.9 Å². The molecule has 0 aliphatic rings. The van der Waals surface area contributed by atoms with E-state index >= 15 is 0 Å². The van der Waals surface area contributed by atoms with Crippen molar-refractivity contribution in [2.45, 2.75) is 33.1 Å². The predicted molar refractivity (Wildman–Crippen MR) is 110 cm³/mol. The van der Waals surface area contributed by atoms with Crippen LogP contribution in [0.4, 0.5) is 0 Å². The van der Waals surface area contributed by atoms with Gasteiger partial charge in [0.25, 0.3) is 0 Å². The highest BCUT2D eigenvalue weighted by Gasteiger charge is 2.16. The molecule has 27 heavy (non-hydrogen) atoms. The Balaban J connectivity index is 1.93. The van der Waals surface area contributed by atoms with Crippen LogP contribution in [-0.2, 0) is 12.8 Å². The fourth-order valence-electron chi connectivity index (χ4n) is 4.11. The lowest BCUT2D eigenvalue weighted by molar-refractivity contribution is 0.889. The van der Waals surface area contributed by atoms with Crippen molar-refractivity contribution < 1.29 is 0 Å². The minimum atomic E-state index is 0.0169. The lowest BCUT2D eigenvalue weighted by Crippen LogP contribution is -2.03. The van der Waals surface area contributed by atoms with E-state index in [1.54, 1.807) is 0 Å². The van der Waals surface area contributed by atoms with Crippen molar-refractivity contribution in [3.63, 3.8) is 0 Å². The van der Waals surface area contributed by atoms with Crippen LogP contribution in [0.3, 0.4) is 0 Å². The van der Waals surface area contributed by atoms with E-state index in [9.17, 15) is 9.59 Å². The Bertz CT molecular complexity index is 1460. The van der Waals surface area contributed by atoms with Gasteiger partial charge in [-0.2, -0.15) is 0 Å². The number of benzene rings is 3. The van der Waals surface area contributed by atoms with E-state index in [-0.39, 0.29) is 10.9 Å².